The Kier molecular flexibility index (Phi) is 3.25. The zero-order chi connectivity index (χ0) is 12.6. The van der Waals surface area contributed by atoms with Gasteiger partial charge in [-0.3, -0.25) is 4.79 Å². The molecule has 1 aromatic heterocycles. The first kappa shape index (κ1) is 12.6. The second-order valence-electron chi connectivity index (χ2n) is 5.62. The van der Waals surface area contributed by atoms with E-state index in [4.69, 9.17) is 0 Å². The molecule has 0 radical (unpaired) electrons. The summed E-state index contributed by atoms with van der Waals surface area (Å²) in [5, 5.41) is 12.2. The molecule has 2 atom stereocenters. The molecule has 1 aliphatic rings. The minimum absolute atomic E-state index is 0.549. The number of hydrogen-bond donors (Lipinski definition) is 1. The summed E-state index contributed by atoms with van der Waals surface area (Å²) in [6.07, 6.45) is 3.66. The predicted octanol–water partition coefficient (Wildman–Crippen LogP) is 3.41. The smallest absolute Gasteiger partial charge is 0.315 e. The van der Waals surface area contributed by atoms with E-state index >= 15 is 0 Å². The third-order valence-corrected chi connectivity index (χ3v) is 4.75. The molecule has 0 bridgehead atoms. The Labute approximate surface area is 106 Å². The lowest BCUT2D eigenvalue weighted by Crippen LogP contribution is -2.28. The maximum Gasteiger partial charge on any atom is 0.315 e. The Morgan fingerprint density at radius 3 is 2.76 bits per heavy atom. The number of aromatic nitrogens is 1. The molecule has 0 amide bonds. The van der Waals surface area contributed by atoms with Gasteiger partial charge in [0.1, 0.15) is 5.41 Å². The van der Waals surface area contributed by atoms with Gasteiger partial charge in [0.05, 0.1) is 10.7 Å². The van der Waals surface area contributed by atoms with Crippen molar-refractivity contribution in [2.24, 2.45) is 5.92 Å². The Hall–Kier alpha value is -0.900. The number of carboxylic acids is 1. The van der Waals surface area contributed by atoms with Crippen molar-refractivity contribution in [2.75, 3.05) is 0 Å². The molecule has 2 unspecified atom stereocenters. The van der Waals surface area contributed by atoms with Crippen LogP contribution in [0.3, 0.4) is 0 Å². The Morgan fingerprint density at radius 1 is 1.53 bits per heavy atom. The molecule has 3 nitrogen and oxygen atoms in total. The van der Waals surface area contributed by atoms with Gasteiger partial charge in [0, 0.05) is 11.3 Å². The normalized spacial score (nSPS) is 25.1. The van der Waals surface area contributed by atoms with Crippen LogP contribution < -0.4 is 0 Å². The summed E-state index contributed by atoms with van der Waals surface area (Å²) >= 11 is 1.62. The van der Waals surface area contributed by atoms with E-state index in [0.717, 1.165) is 10.9 Å². The van der Waals surface area contributed by atoms with Crippen LogP contribution >= 0.6 is 11.3 Å². The van der Waals surface area contributed by atoms with Crippen molar-refractivity contribution in [2.45, 2.75) is 51.4 Å². The highest BCUT2D eigenvalue weighted by Gasteiger charge is 2.33. The average molecular weight is 253 g/mol. The van der Waals surface area contributed by atoms with E-state index in [1.54, 1.807) is 25.2 Å². The van der Waals surface area contributed by atoms with Gasteiger partial charge in [-0.15, -0.1) is 11.3 Å². The number of hydrogen-bond acceptors (Lipinski definition) is 3. The zero-order valence-electron chi connectivity index (χ0n) is 10.6. The molecule has 0 aromatic carbocycles. The van der Waals surface area contributed by atoms with Crippen molar-refractivity contribution in [3.63, 3.8) is 0 Å². The summed E-state index contributed by atoms with van der Waals surface area (Å²) < 4.78 is 0. The van der Waals surface area contributed by atoms with E-state index < -0.39 is 11.4 Å². The topological polar surface area (TPSA) is 50.2 Å². The number of thiazole rings is 1. The first-order chi connectivity index (χ1) is 7.91. The predicted molar refractivity (Wildman–Crippen MR) is 68.5 cm³/mol. The van der Waals surface area contributed by atoms with Gasteiger partial charge in [-0.2, -0.15) is 0 Å². The van der Waals surface area contributed by atoms with Crippen LogP contribution in [0, 0.1) is 5.92 Å². The van der Waals surface area contributed by atoms with Crippen LogP contribution in [-0.2, 0) is 10.2 Å². The van der Waals surface area contributed by atoms with Crippen LogP contribution in [-0.4, -0.2) is 16.1 Å². The highest BCUT2D eigenvalue weighted by molar-refractivity contribution is 7.09. The van der Waals surface area contributed by atoms with E-state index in [-0.39, 0.29) is 0 Å². The standard InChI is InChI=1S/C13H19NO2S/c1-8-4-5-9(6-8)11-14-10(7-17-11)13(2,3)12(15)16/h7-9H,4-6H2,1-3H3,(H,15,16). The van der Waals surface area contributed by atoms with E-state index in [0.29, 0.717) is 11.6 Å². The van der Waals surface area contributed by atoms with Crippen molar-refractivity contribution >= 4 is 17.3 Å². The lowest BCUT2D eigenvalue weighted by Gasteiger charge is -2.16. The highest BCUT2D eigenvalue weighted by Crippen LogP contribution is 2.40. The fourth-order valence-electron chi connectivity index (χ4n) is 2.30. The Morgan fingerprint density at radius 2 is 2.24 bits per heavy atom. The fourth-order valence-corrected chi connectivity index (χ4v) is 3.44. The van der Waals surface area contributed by atoms with Gasteiger partial charge in [-0.25, -0.2) is 4.98 Å². The second-order valence-corrected chi connectivity index (χ2v) is 6.51. The first-order valence-electron chi connectivity index (χ1n) is 6.10. The summed E-state index contributed by atoms with van der Waals surface area (Å²) in [5.41, 5.74) is -0.177. The molecule has 1 heterocycles. The van der Waals surface area contributed by atoms with E-state index in [9.17, 15) is 9.90 Å². The number of carboxylic acid groups (broad SMARTS) is 1. The van der Waals surface area contributed by atoms with Gasteiger partial charge in [0.15, 0.2) is 0 Å². The highest BCUT2D eigenvalue weighted by atomic mass is 32.1. The molecule has 0 saturated heterocycles. The van der Waals surface area contributed by atoms with Crippen LogP contribution in [0.25, 0.3) is 0 Å². The average Bonchev–Trinajstić information content (AvgIpc) is 2.85. The van der Waals surface area contributed by atoms with Crippen molar-refractivity contribution in [3.8, 4) is 0 Å². The largest absolute Gasteiger partial charge is 0.481 e. The summed E-state index contributed by atoms with van der Waals surface area (Å²) in [5.74, 6) is 0.516. The summed E-state index contributed by atoms with van der Waals surface area (Å²) in [4.78, 5) is 15.7. The number of carbonyl (C=O) groups is 1. The summed E-state index contributed by atoms with van der Waals surface area (Å²) in [7, 11) is 0. The molecule has 4 heteroatoms. The lowest BCUT2D eigenvalue weighted by atomic mass is 9.90. The molecular weight excluding hydrogens is 234 g/mol. The minimum atomic E-state index is -0.876. The van der Waals surface area contributed by atoms with Crippen LogP contribution in [0.5, 0.6) is 0 Å². The zero-order valence-corrected chi connectivity index (χ0v) is 11.4. The summed E-state index contributed by atoms with van der Waals surface area (Å²) in [6, 6.07) is 0. The fraction of sp³-hybridized carbons (Fsp3) is 0.692. The first-order valence-corrected chi connectivity index (χ1v) is 6.98. The second kappa shape index (κ2) is 4.41. The van der Waals surface area contributed by atoms with Crippen molar-refractivity contribution < 1.29 is 9.90 Å². The molecule has 94 valence electrons. The molecule has 1 aliphatic carbocycles. The van der Waals surface area contributed by atoms with Crippen molar-refractivity contribution in [3.05, 3.63) is 16.1 Å². The molecule has 1 fully saturated rings. The SMILES string of the molecule is CC1CCC(c2nc(C(C)(C)C(=O)O)cs2)C1. The molecular formula is C13H19NO2S. The molecule has 0 spiro atoms. The minimum Gasteiger partial charge on any atom is -0.481 e. The van der Waals surface area contributed by atoms with E-state index in [1.807, 2.05) is 5.38 Å². The quantitative estimate of drug-likeness (QED) is 0.898. The van der Waals surface area contributed by atoms with Crippen molar-refractivity contribution in [1.82, 2.24) is 4.98 Å². The van der Waals surface area contributed by atoms with Gasteiger partial charge >= 0.3 is 5.97 Å². The maximum absolute atomic E-state index is 11.2. The maximum atomic E-state index is 11.2. The van der Waals surface area contributed by atoms with Gasteiger partial charge in [0.2, 0.25) is 0 Å². The van der Waals surface area contributed by atoms with Crippen LogP contribution in [0.1, 0.15) is 56.7 Å². The van der Waals surface area contributed by atoms with Crippen molar-refractivity contribution in [1.29, 1.82) is 0 Å². The van der Waals surface area contributed by atoms with E-state index in [1.165, 1.54) is 19.3 Å². The van der Waals surface area contributed by atoms with Crippen LogP contribution in [0.15, 0.2) is 5.38 Å². The third kappa shape index (κ3) is 2.37. The molecule has 1 saturated carbocycles. The molecule has 2 rings (SSSR count). The Balaban J connectivity index is 2.19. The van der Waals surface area contributed by atoms with Crippen LogP contribution in [0.4, 0.5) is 0 Å². The van der Waals surface area contributed by atoms with Gasteiger partial charge < -0.3 is 5.11 Å². The van der Waals surface area contributed by atoms with E-state index in [2.05, 4.69) is 11.9 Å². The molecule has 1 N–H and O–H groups in total. The summed E-state index contributed by atoms with van der Waals surface area (Å²) in [6.45, 7) is 5.70. The number of nitrogens with zero attached hydrogens (tertiary/aromatic N) is 1. The van der Waals surface area contributed by atoms with Crippen LogP contribution in [0.2, 0.25) is 0 Å². The van der Waals surface area contributed by atoms with Gasteiger partial charge in [0.25, 0.3) is 0 Å². The molecule has 17 heavy (non-hydrogen) atoms. The number of rotatable bonds is 3. The molecule has 0 aliphatic heterocycles. The lowest BCUT2D eigenvalue weighted by molar-refractivity contribution is -0.142. The van der Waals surface area contributed by atoms with Gasteiger partial charge in [-0.05, 0) is 32.6 Å². The monoisotopic (exact) mass is 253 g/mol. The third-order valence-electron chi connectivity index (χ3n) is 3.74. The molecule has 1 aromatic rings. The number of aliphatic carboxylic acids is 1. The Bertz CT molecular complexity index is 425. The van der Waals surface area contributed by atoms with Gasteiger partial charge in [-0.1, -0.05) is 13.3 Å².